The van der Waals surface area contributed by atoms with Gasteiger partial charge in [-0.15, -0.1) is 11.3 Å². The quantitative estimate of drug-likeness (QED) is 0.449. The Morgan fingerprint density at radius 1 is 1.06 bits per heavy atom. The van der Waals surface area contributed by atoms with E-state index >= 15 is 0 Å². The predicted molar refractivity (Wildman–Crippen MR) is 127 cm³/mol. The Bertz CT molecular complexity index is 1210. The molecule has 2 heterocycles. The first kappa shape index (κ1) is 23.4. The summed E-state index contributed by atoms with van der Waals surface area (Å²) in [6.45, 7) is 1.01. The molecule has 1 fully saturated rings. The number of sulfonamides is 1. The van der Waals surface area contributed by atoms with Gasteiger partial charge in [0.1, 0.15) is 17.4 Å². The topological polar surface area (TPSA) is 85.8 Å². The van der Waals surface area contributed by atoms with Crippen LogP contribution >= 0.6 is 11.3 Å². The highest BCUT2D eigenvalue weighted by atomic mass is 32.2. The lowest BCUT2D eigenvalue weighted by Crippen LogP contribution is -2.32. The first-order valence-electron chi connectivity index (χ1n) is 10.8. The van der Waals surface area contributed by atoms with Crippen molar-refractivity contribution in [3.05, 3.63) is 65.2 Å². The van der Waals surface area contributed by atoms with Crippen LogP contribution in [0.2, 0.25) is 0 Å². The minimum absolute atomic E-state index is 0.00636. The number of hydrogen-bond acceptors (Lipinski definition) is 7. The summed E-state index contributed by atoms with van der Waals surface area (Å²) in [7, 11) is -2.03. The molecule has 3 aromatic rings. The molecule has 7 nitrogen and oxygen atoms in total. The Labute approximate surface area is 198 Å². The number of carbonyl (C=O) groups is 1. The van der Waals surface area contributed by atoms with Crippen molar-refractivity contribution in [1.29, 1.82) is 0 Å². The summed E-state index contributed by atoms with van der Waals surface area (Å²) in [4.78, 5) is 17.3. The number of hydrogen-bond donors (Lipinski definition) is 0. The molecular formula is C24H26N2O5S2. The van der Waals surface area contributed by atoms with Gasteiger partial charge in [0.2, 0.25) is 10.0 Å². The van der Waals surface area contributed by atoms with E-state index in [1.54, 1.807) is 19.2 Å². The molecule has 0 amide bonds. The number of methoxy groups -OCH3 is 1. The van der Waals surface area contributed by atoms with Gasteiger partial charge in [-0.05, 0) is 43.2 Å². The zero-order valence-corrected chi connectivity index (χ0v) is 20.0. The fourth-order valence-corrected chi connectivity index (χ4v) is 6.15. The molecule has 0 saturated carbocycles. The molecule has 9 heteroatoms. The fourth-order valence-electron chi connectivity index (χ4n) is 3.76. The van der Waals surface area contributed by atoms with Crippen LogP contribution in [0.4, 0.5) is 0 Å². The molecule has 0 atom stereocenters. The van der Waals surface area contributed by atoms with E-state index in [1.165, 1.54) is 27.8 Å². The minimum Gasteiger partial charge on any atom is -0.496 e. The lowest BCUT2D eigenvalue weighted by atomic mass is 10.2. The first-order chi connectivity index (χ1) is 16.0. The summed E-state index contributed by atoms with van der Waals surface area (Å²) in [5.41, 5.74) is 1.68. The molecule has 1 saturated heterocycles. The fraction of sp³-hybridized carbons (Fsp3) is 0.333. The summed E-state index contributed by atoms with van der Waals surface area (Å²) in [6, 6.07) is 13.6. The van der Waals surface area contributed by atoms with Crippen LogP contribution in [-0.4, -0.2) is 43.9 Å². The molecule has 0 bridgehead atoms. The molecule has 0 radical (unpaired) electrons. The second-order valence-electron chi connectivity index (χ2n) is 7.77. The van der Waals surface area contributed by atoms with Crippen molar-refractivity contribution in [2.75, 3.05) is 20.2 Å². The third-order valence-corrected chi connectivity index (χ3v) is 8.33. The van der Waals surface area contributed by atoms with Gasteiger partial charge in [-0.1, -0.05) is 31.0 Å². The molecular weight excluding hydrogens is 460 g/mol. The number of aromatic nitrogens is 1. The van der Waals surface area contributed by atoms with Crippen LogP contribution in [0.5, 0.6) is 5.75 Å². The smallest absolute Gasteiger partial charge is 0.338 e. The molecule has 1 aromatic heterocycles. The maximum atomic E-state index is 13.0. The number of nitrogens with zero attached hydrogens (tertiary/aromatic N) is 2. The number of rotatable bonds is 7. The lowest BCUT2D eigenvalue weighted by Gasteiger charge is -2.20. The van der Waals surface area contributed by atoms with Crippen molar-refractivity contribution in [2.45, 2.75) is 37.2 Å². The first-order valence-corrected chi connectivity index (χ1v) is 13.2. The molecule has 174 valence electrons. The molecule has 0 aliphatic carbocycles. The summed E-state index contributed by atoms with van der Waals surface area (Å²) in [5, 5.41) is 2.60. The summed E-state index contributed by atoms with van der Waals surface area (Å²) >= 11 is 1.44. The van der Waals surface area contributed by atoms with Crippen molar-refractivity contribution in [1.82, 2.24) is 9.29 Å². The number of ether oxygens (including phenoxy) is 2. The van der Waals surface area contributed by atoms with Gasteiger partial charge in [0, 0.05) is 18.5 Å². The third kappa shape index (κ3) is 5.43. The Morgan fingerprint density at radius 2 is 1.82 bits per heavy atom. The molecule has 0 N–H and O–H groups in total. The number of benzene rings is 2. The zero-order valence-electron chi connectivity index (χ0n) is 18.4. The highest BCUT2D eigenvalue weighted by molar-refractivity contribution is 7.89. The van der Waals surface area contributed by atoms with E-state index in [0.29, 0.717) is 18.8 Å². The number of carbonyl (C=O) groups excluding carboxylic acids is 1. The van der Waals surface area contributed by atoms with Crippen LogP contribution in [0.1, 0.15) is 41.7 Å². The van der Waals surface area contributed by atoms with Gasteiger partial charge in [-0.2, -0.15) is 4.31 Å². The standard InChI is InChI=1S/C24H26N2O5S2/c1-30-22-12-5-4-11-21(22)23-25-19(17-32-23)16-31-24(27)18-9-8-10-20(15-18)33(28,29)26-13-6-2-3-7-14-26/h4-5,8-12,15,17H,2-3,6-7,13-14,16H2,1H3. The Balaban J connectivity index is 1.44. The summed E-state index contributed by atoms with van der Waals surface area (Å²) in [6.07, 6.45) is 3.78. The van der Waals surface area contributed by atoms with Gasteiger partial charge < -0.3 is 9.47 Å². The van der Waals surface area contributed by atoms with Crippen molar-refractivity contribution in [3.63, 3.8) is 0 Å². The lowest BCUT2D eigenvalue weighted by molar-refractivity contribution is 0.0468. The van der Waals surface area contributed by atoms with Crippen LogP contribution in [0.25, 0.3) is 10.6 Å². The predicted octanol–water partition coefficient (Wildman–Crippen LogP) is 4.74. The molecule has 4 rings (SSSR count). The van der Waals surface area contributed by atoms with Crippen molar-refractivity contribution < 1.29 is 22.7 Å². The van der Waals surface area contributed by atoms with Crippen molar-refractivity contribution >= 4 is 27.3 Å². The molecule has 1 aliphatic heterocycles. The van der Waals surface area contributed by atoms with Gasteiger partial charge in [-0.3, -0.25) is 0 Å². The van der Waals surface area contributed by atoms with E-state index in [1.807, 2.05) is 29.6 Å². The second kappa shape index (κ2) is 10.5. The van der Waals surface area contributed by atoms with E-state index < -0.39 is 16.0 Å². The summed E-state index contributed by atoms with van der Waals surface area (Å²) in [5.74, 6) is 0.132. The number of para-hydroxylation sites is 1. The van der Waals surface area contributed by atoms with Crippen LogP contribution in [-0.2, 0) is 21.4 Å². The highest BCUT2D eigenvalue weighted by Crippen LogP contribution is 2.32. The van der Waals surface area contributed by atoms with E-state index in [9.17, 15) is 13.2 Å². The van der Waals surface area contributed by atoms with Gasteiger partial charge >= 0.3 is 5.97 Å². The molecule has 1 aliphatic rings. The molecule has 33 heavy (non-hydrogen) atoms. The van der Waals surface area contributed by atoms with Crippen molar-refractivity contribution in [3.8, 4) is 16.3 Å². The van der Waals surface area contributed by atoms with Crippen LogP contribution in [0.15, 0.2) is 58.8 Å². The van der Waals surface area contributed by atoms with Gasteiger partial charge in [0.05, 0.1) is 28.8 Å². The average Bonchev–Trinajstić information content (AvgIpc) is 3.14. The Morgan fingerprint density at radius 3 is 2.58 bits per heavy atom. The molecule has 0 unspecified atom stereocenters. The number of thiazole rings is 1. The van der Waals surface area contributed by atoms with Crippen LogP contribution < -0.4 is 4.74 Å². The largest absolute Gasteiger partial charge is 0.496 e. The van der Waals surface area contributed by atoms with Crippen LogP contribution in [0, 0.1) is 0 Å². The maximum Gasteiger partial charge on any atom is 0.338 e. The van der Waals surface area contributed by atoms with E-state index in [0.717, 1.165) is 42.0 Å². The van der Waals surface area contributed by atoms with E-state index in [4.69, 9.17) is 9.47 Å². The van der Waals surface area contributed by atoms with E-state index in [-0.39, 0.29) is 17.1 Å². The normalized spacial score (nSPS) is 15.1. The highest BCUT2D eigenvalue weighted by Gasteiger charge is 2.26. The van der Waals surface area contributed by atoms with Crippen LogP contribution in [0.3, 0.4) is 0 Å². The van der Waals surface area contributed by atoms with Gasteiger partial charge in [-0.25, -0.2) is 18.2 Å². The monoisotopic (exact) mass is 486 g/mol. The average molecular weight is 487 g/mol. The van der Waals surface area contributed by atoms with Crippen molar-refractivity contribution in [2.24, 2.45) is 0 Å². The summed E-state index contributed by atoms with van der Waals surface area (Å²) < 4.78 is 38.4. The van der Waals surface area contributed by atoms with Gasteiger partial charge in [0.25, 0.3) is 0 Å². The second-order valence-corrected chi connectivity index (χ2v) is 10.6. The Kier molecular flexibility index (Phi) is 7.42. The minimum atomic E-state index is -3.64. The van der Waals surface area contributed by atoms with Gasteiger partial charge in [0.15, 0.2) is 0 Å². The zero-order chi connectivity index (χ0) is 23.3. The molecule has 0 spiro atoms. The Hall–Kier alpha value is -2.75. The molecule has 2 aromatic carbocycles. The number of esters is 1. The third-order valence-electron chi connectivity index (χ3n) is 5.51. The van der Waals surface area contributed by atoms with E-state index in [2.05, 4.69) is 4.98 Å². The SMILES string of the molecule is COc1ccccc1-c1nc(COC(=O)c2cccc(S(=O)(=O)N3CCCCCC3)c2)cs1. The maximum absolute atomic E-state index is 13.0.